The van der Waals surface area contributed by atoms with Crippen molar-refractivity contribution in [1.82, 2.24) is 9.88 Å². The van der Waals surface area contributed by atoms with Gasteiger partial charge in [-0.3, -0.25) is 9.59 Å². The van der Waals surface area contributed by atoms with Gasteiger partial charge in [0.15, 0.2) is 0 Å². The number of nitrogens with one attached hydrogen (secondary N) is 1. The van der Waals surface area contributed by atoms with E-state index in [1.807, 2.05) is 18.2 Å². The van der Waals surface area contributed by atoms with Crippen LogP contribution in [-0.2, 0) is 19.3 Å². The fourth-order valence-electron chi connectivity index (χ4n) is 2.91. The first-order valence-corrected chi connectivity index (χ1v) is 9.04. The van der Waals surface area contributed by atoms with Gasteiger partial charge in [0.1, 0.15) is 5.75 Å². The second-order valence-corrected chi connectivity index (χ2v) is 6.57. The van der Waals surface area contributed by atoms with Crippen LogP contribution in [0.15, 0.2) is 71.7 Å². The molecule has 0 spiro atoms. The minimum Gasteiger partial charge on any atom is -0.496 e. The van der Waals surface area contributed by atoms with E-state index in [1.54, 1.807) is 37.4 Å². The van der Waals surface area contributed by atoms with Crippen molar-refractivity contribution in [2.24, 2.45) is 0 Å². The average Bonchev–Trinajstić information content (AvgIpc) is 2.73. The van der Waals surface area contributed by atoms with Crippen molar-refractivity contribution in [3.05, 3.63) is 99.5 Å². The molecule has 0 unspecified atom stereocenters. The van der Waals surface area contributed by atoms with Gasteiger partial charge in [0, 0.05) is 29.9 Å². The van der Waals surface area contributed by atoms with Crippen LogP contribution < -0.4 is 15.6 Å². The molecule has 156 valence electrons. The molecule has 0 fully saturated rings. The molecular formula is C22H19F3N2O3. The highest BCUT2D eigenvalue weighted by atomic mass is 19.4. The van der Waals surface area contributed by atoms with Crippen LogP contribution in [0.1, 0.15) is 27.0 Å². The van der Waals surface area contributed by atoms with Crippen LogP contribution in [0.3, 0.4) is 0 Å². The van der Waals surface area contributed by atoms with Crippen molar-refractivity contribution >= 4 is 5.91 Å². The van der Waals surface area contributed by atoms with Crippen LogP contribution in [0.25, 0.3) is 0 Å². The molecule has 0 saturated carbocycles. The van der Waals surface area contributed by atoms with Crippen molar-refractivity contribution < 1.29 is 22.7 Å². The summed E-state index contributed by atoms with van der Waals surface area (Å²) < 4.78 is 44.8. The topological polar surface area (TPSA) is 60.3 Å². The highest BCUT2D eigenvalue weighted by molar-refractivity contribution is 5.94. The summed E-state index contributed by atoms with van der Waals surface area (Å²) in [4.78, 5) is 24.2. The number of aromatic nitrogens is 1. The summed E-state index contributed by atoms with van der Waals surface area (Å²) in [7, 11) is 1.55. The first-order valence-electron chi connectivity index (χ1n) is 9.04. The Labute approximate surface area is 170 Å². The van der Waals surface area contributed by atoms with Crippen LogP contribution in [-0.4, -0.2) is 17.6 Å². The summed E-state index contributed by atoms with van der Waals surface area (Å²) in [6.45, 7) is 0.246. The largest absolute Gasteiger partial charge is 0.496 e. The van der Waals surface area contributed by atoms with Crippen molar-refractivity contribution in [3.8, 4) is 5.75 Å². The van der Waals surface area contributed by atoms with Crippen molar-refractivity contribution in [3.63, 3.8) is 0 Å². The van der Waals surface area contributed by atoms with Gasteiger partial charge < -0.3 is 14.6 Å². The van der Waals surface area contributed by atoms with E-state index >= 15 is 0 Å². The Morgan fingerprint density at radius 2 is 1.73 bits per heavy atom. The number of carbonyl (C=O) groups is 1. The van der Waals surface area contributed by atoms with Crippen molar-refractivity contribution in [1.29, 1.82) is 0 Å². The Morgan fingerprint density at radius 1 is 1.03 bits per heavy atom. The maximum atomic E-state index is 12.9. The number of carbonyl (C=O) groups excluding carboxylic acids is 1. The minimum absolute atomic E-state index is 0.0358. The number of hydrogen-bond acceptors (Lipinski definition) is 3. The molecule has 3 aromatic rings. The Bertz CT molecular complexity index is 1090. The number of rotatable bonds is 6. The van der Waals surface area contributed by atoms with Gasteiger partial charge in [-0.25, -0.2) is 0 Å². The Hall–Kier alpha value is -3.55. The number of methoxy groups -OCH3 is 1. The van der Waals surface area contributed by atoms with Crippen LogP contribution in [0.2, 0.25) is 0 Å². The molecule has 0 radical (unpaired) electrons. The molecule has 5 nitrogen and oxygen atoms in total. The van der Waals surface area contributed by atoms with E-state index in [4.69, 9.17) is 4.74 Å². The van der Waals surface area contributed by atoms with Gasteiger partial charge in [-0.05, 0) is 29.8 Å². The number of alkyl halides is 3. The quantitative estimate of drug-likeness (QED) is 0.664. The van der Waals surface area contributed by atoms with Crippen molar-refractivity contribution in [2.75, 3.05) is 7.11 Å². The van der Waals surface area contributed by atoms with Gasteiger partial charge >= 0.3 is 6.18 Å². The molecule has 8 heteroatoms. The third kappa shape index (κ3) is 5.08. The highest BCUT2D eigenvalue weighted by Crippen LogP contribution is 2.28. The molecule has 0 atom stereocenters. The molecule has 0 bridgehead atoms. The lowest BCUT2D eigenvalue weighted by Crippen LogP contribution is -2.23. The van der Waals surface area contributed by atoms with E-state index in [1.165, 1.54) is 0 Å². The molecule has 30 heavy (non-hydrogen) atoms. The van der Waals surface area contributed by atoms with Gasteiger partial charge in [0.25, 0.3) is 11.5 Å². The number of ether oxygens (including phenoxy) is 1. The van der Waals surface area contributed by atoms with Crippen LogP contribution in [0.5, 0.6) is 5.75 Å². The van der Waals surface area contributed by atoms with Gasteiger partial charge in [0.2, 0.25) is 0 Å². The normalized spacial score (nSPS) is 11.2. The zero-order chi connectivity index (χ0) is 21.7. The van der Waals surface area contributed by atoms with Crippen molar-refractivity contribution in [2.45, 2.75) is 19.3 Å². The Kier molecular flexibility index (Phi) is 6.25. The third-order valence-corrected chi connectivity index (χ3v) is 4.51. The average molecular weight is 416 g/mol. The molecule has 0 saturated heterocycles. The number of para-hydroxylation sites is 1. The van der Waals surface area contributed by atoms with E-state index in [0.717, 1.165) is 28.5 Å². The predicted molar refractivity (Wildman–Crippen MR) is 105 cm³/mol. The Balaban J connectivity index is 1.68. The summed E-state index contributed by atoms with van der Waals surface area (Å²) in [6.07, 6.45) is -3.74. The van der Waals surface area contributed by atoms with E-state index in [0.29, 0.717) is 16.9 Å². The number of pyridine rings is 1. The first kappa shape index (κ1) is 21.2. The number of benzene rings is 2. The number of hydrogen-bond donors (Lipinski definition) is 1. The Morgan fingerprint density at radius 3 is 2.40 bits per heavy atom. The lowest BCUT2D eigenvalue weighted by molar-refractivity contribution is -0.138. The number of nitrogens with zero attached hydrogens (tertiary/aromatic N) is 1. The zero-order valence-electron chi connectivity index (χ0n) is 16.1. The highest BCUT2D eigenvalue weighted by Gasteiger charge is 2.31. The second-order valence-electron chi connectivity index (χ2n) is 6.57. The molecule has 0 aliphatic carbocycles. The molecule has 1 amide bonds. The van der Waals surface area contributed by atoms with Crippen LogP contribution in [0.4, 0.5) is 13.2 Å². The first-order chi connectivity index (χ1) is 14.3. The monoisotopic (exact) mass is 416 g/mol. The summed E-state index contributed by atoms with van der Waals surface area (Å²) >= 11 is 0. The standard InChI is InChI=1S/C22H19F3N2O3/c1-30-19-5-3-2-4-17(19)12-26-21(29)16-8-6-15(7-9-16)13-27-14-18(22(23,24)25)10-11-20(27)28/h2-11,14H,12-13H2,1H3,(H,26,29). The van der Waals surface area contributed by atoms with Gasteiger partial charge in [-0.2, -0.15) is 13.2 Å². The molecular weight excluding hydrogens is 397 g/mol. The summed E-state index contributed by atoms with van der Waals surface area (Å²) in [5, 5.41) is 2.79. The lowest BCUT2D eigenvalue weighted by Gasteiger charge is -2.12. The fourth-order valence-corrected chi connectivity index (χ4v) is 2.91. The molecule has 1 heterocycles. The maximum Gasteiger partial charge on any atom is 0.417 e. The van der Waals surface area contributed by atoms with Crippen LogP contribution in [0, 0.1) is 0 Å². The van der Waals surface area contributed by atoms with E-state index in [9.17, 15) is 22.8 Å². The maximum absolute atomic E-state index is 12.9. The molecule has 0 aliphatic heterocycles. The molecule has 3 rings (SSSR count). The fraction of sp³-hybridized carbons (Fsp3) is 0.182. The zero-order valence-corrected chi connectivity index (χ0v) is 16.1. The summed E-state index contributed by atoms with van der Waals surface area (Å²) in [6, 6.07) is 15.3. The number of halogens is 3. The van der Waals surface area contributed by atoms with E-state index in [-0.39, 0.29) is 19.0 Å². The summed E-state index contributed by atoms with van der Waals surface area (Å²) in [5.74, 6) is 0.364. The van der Waals surface area contributed by atoms with Gasteiger partial charge in [-0.1, -0.05) is 30.3 Å². The van der Waals surface area contributed by atoms with E-state index < -0.39 is 17.3 Å². The smallest absolute Gasteiger partial charge is 0.417 e. The van der Waals surface area contributed by atoms with Gasteiger partial charge in [-0.15, -0.1) is 0 Å². The molecule has 0 aliphatic rings. The summed E-state index contributed by atoms with van der Waals surface area (Å²) in [5.41, 5.74) is 0.382. The second kappa shape index (κ2) is 8.86. The third-order valence-electron chi connectivity index (χ3n) is 4.51. The minimum atomic E-state index is -4.53. The van der Waals surface area contributed by atoms with Gasteiger partial charge in [0.05, 0.1) is 19.2 Å². The number of amides is 1. The molecule has 2 aromatic carbocycles. The van der Waals surface area contributed by atoms with E-state index in [2.05, 4.69) is 5.32 Å². The predicted octanol–water partition coefficient (Wildman–Crippen LogP) is 3.85. The lowest BCUT2D eigenvalue weighted by atomic mass is 10.1. The molecule has 1 N–H and O–H groups in total. The van der Waals surface area contributed by atoms with Crippen LogP contribution >= 0.6 is 0 Å². The molecule has 1 aromatic heterocycles. The SMILES string of the molecule is COc1ccccc1CNC(=O)c1ccc(Cn2cc(C(F)(F)F)ccc2=O)cc1.